The van der Waals surface area contributed by atoms with Gasteiger partial charge in [0.25, 0.3) is 0 Å². The van der Waals surface area contributed by atoms with Crippen molar-refractivity contribution in [3.63, 3.8) is 0 Å². The molecule has 0 radical (unpaired) electrons. The zero-order valence-electron chi connectivity index (χ0n) is 16.3. The van der Waals surface area contributed by atoms with E-state index in [9.17, 15) is 4.79 Å². The molecule has 0 aliphatic carbocycles. The fourth-order valence-electron chi connectivity index (χ4n) is 2.59. The van der Waals surface area contributed by atoms with Crippen LogP contribution in [0.2, 0.25) is 0 Å². The molecule has 1 saturated heterocycles. The summed E-state index contributed by atoms with van der Waals surface area (Å²) in [6.45, 7) is 6.16. The van der Waals surface area contributed by atoms with E-state index in [1.807, 2.05) is 18.2 Å². The van der Waals surface area contributed by atoms with Crippen molar-refractivity contribution >= 4 is 35.8 Å². The number of hydrogen-bond acceptors (Lipinski definition) is 4. The molecule has 27 heavy (non-hydrogen) atoms. The smallest absolute Gasteiger partial charge is 0.243 e. The van der Waals surface area contributed by atoms with Gasteiger partial charge in [0, 0.05) is 46.8 Å². The van der Waals surface area contributed by atoms with Crippen molar-refractivity contribution in [3.05, 3.63) is 35.9 Å². The van der Waals surface area contributed by atoms with Crippen molar-refractivity contribution in [1.82, 2.24) is 20.4 Å². The number of carbonyl (C=O) groups is 1. The number of hydrogen-bond donors (Lipinski definition) is 2. The van der Waals surface area contributed by atoms with Crippen LogP contribution >= 0.6 is 24.0 Å². The number of halogens is 1. The molecule has 1 fully saturated rings. The molecule has 1 aliphatic heterocycles. The van der Waals surface area contributed by atoms with Crippen molar-refractivity contribution in [2.75, 3.05) is 66.6 Å². The van der Waals surface area contributed by atoms with Gasteiger partial charge >= 0.3 is 0 Å². The van der Waals surface area contributed by atoms with Gasteiger partial charge in [-0.3, -0.25) is 9.69 Å². The molecule has 152 valence electrons. The van der Waals surface area contributed by atoms with E-state index in [4.69, 9.17) is 4.74 Å². The Kier molecular flexibility index (Phi) is 12.0. The quantitative estimate of drug-likeness (QED) is 0.322. The highest BCUT2D eigenvalue weighted by Gasteiger charge is 2.10. The van der Waals surface area contributed by atoms with Gasteiger partial charge in [0.2, 0.25) is 5.91 Å². The van der Waals surface area contributed by atoms with Crippen molar-refractivity contribution in [3.8, 4) is 0 Å². The minimum Gasteiger partial charge on any atom is -0.379 e. The average Bonchev–Trinajstić information content (AvgIpc) is 2.67. The Morgan fingerprint density at radius 3 is 2.48 bits per heavy atom. The van der Waals surface area contributed by atoms with Gasteiger partial charge in [-0.1, -0.05) is 30.3 Å². The van der Waals surface area contributed by atoms with Crippen molar-refractivity contribution in [1.29, 1.82) is 0 Å². The van der Waals surface area contributed by atoms with E-state index in [1.54, 1.807) is 19.0 Å². The zero-order valence-corrected chi connectivity index (χ0v) is 18.6. The van der Waals surface area contributed by atoms with Gasteiger partial charge in [-0.05, 0) is 12.0 Å². The first-order valence-corrected chi connectivity index (χ1v) is 9.21. The van der Waals surface area contributed by atoms with E-state index in [-0.39, 0.29) is 36.4 Å². The summed E-state index contributed by atoms with van der Waals surface area (Å²) >= 11 is 0. The Bertz CT molecular complexity index is 562. The number of aliphatic imine (C=N–C) groups is 1. The van der Waals surface area contributed by atoms with Crippen LogP contribution in [0.15, 0.2) is 35.3 Å². The summed E-state index contributed by atoms with van der Waals surface area (Å²) in [6.07, 6.45) is 0.909. The van der Waals surface area contributed by atoms with Gasteiger partial charge in [-0.15, -0.1) is 24.0 Å². The topological polar surface area (TPSA) is 69.2 Å². The summed E-state index contributed by atoms with van der Waals surface area (Å²) in [5.74, 6) is 0.673. The van der Waals surface area contributed by atoms with E-state index in [0.29, 0.717) is 5.96 Å². The largest absolute Gasteiger partial charge is 0.379 e. The molecule has 2 N–H and O–H groups in total. The summed E-state index contributed by atoms with van der Waals surface area (Å²) < 4.78 is 5.37. The highest BCUT2D eigenvalue weighted by molar-refractivity contribution is 14.0. The molecule has 0 saturated carbocycles. The number of carbonyl (C=O) groups excluding carboxylic acids is 1. The van der Waals surface area contributed by atoms with Crippen LogP contribution in [-0.2, 0) is 16.0 Å². The van der Waals surface area contributed by atoms with Crippen LogP contribution in [-0.4, -0.2) is 88.2 Å². The van der Waals surface area contributed by atoms with Crippen LogP contribution in [0.25, 0.3) is 0 Å². The number of benzene rings is 1. The van der Waals surface area contributed by atoms with Crippen LogP contribution in [0.5, 0.6) is 0 Å². The molecule has 0 bridgehead atoms. The molecule has 1 aromatic rings. The van der Waals surface area contributed by atoms with Crippen LogP contribution in [0, 0.1) is 0 Å². The molecule has 8 heteroatoms. The number of ether oxygens (including phenoxy) is 1. The summed E-state index contributed by atoms with van der Waals surface area (Å²) in [5, 5.41) is 6.66. The number of nitrogens with zero attached hydrogens (tertiary/aromatic N) is 3. The molecular weight excluding hydrogens is 457 g/mol. The molecule has 1 aromatic carbocycles. The third-order valence-corrected chi connectivity index (χ3v) is 4.24. The molecule has 0 spiro atoms. The van der Waals surface area contributed by atoms with Crippen molar-refractivity contribution < 1.29 is 9.53 Å². The second-order valence-electron chi connectivity index (χ2n) is 6.50. The maximum absolute atomic E-state index is 11.8. The van der Waals surface area contributed by atoms with E-state index in [2.05, 4.69) is 32.7 Å². The molecule has 0 atom stereocenters. The lowest BCUT2D eigenvalue weighted by Gasteiger charge is -2.26. The maximum atomic E-state index is 11.8. The number of amides is 1. The number of nitrogens with one attached hydrogen (secondary N) is 2. The lowest BCUT2D eigenvalue weighted by molar-refractivity contribution is -0.127. The second kappa shape index (κ2) is 13.7. The van der Waals surface area contributed by atoms with E-state index in [0.717, 1.165) is 52.4 Å². The van der Waals surface area contributed by atoms with Crippen molar-refractivity contribution in [2.45, 2.75) is 6.42 Å². The summed E-state index contributed by atoms with van der Waals surface area (Å²) in [6, 6.07) is 10.3. The standard InChI is InChI=1S/C19H31N5O2.HI/c1-23(2)18(25)16-22-19(20-9-8-17-6-4-3-5-7-17)21-10-11-24-12-14-26-15-13-24;/h3-7H,8-16H2,1-2H3,(H2,20,21,22);1H. The molecular formula is C19H32IN5O2. The predicted octanol–water partition coefficient (Wildman–Crippen LogP) is 0.803. The molecule has 1 aliphatic rings. The maximum Gasteiger partial charge on any atom is 0.243 e. The van der Waals surface area contributed by atoms with Gasteiger partial charge in [0.1, 0.15) is 6.54 Å². The number of morpholine rings is 1. The molecule has 1 heterocycles. The molecule has 0 unspecified atom stereocenters. The monoisotopic (exact) mass is 489 g/mol. The SMILES string of the molecule is CN(C)C(=O)CN=C(NCCc1ccccc1)NCCN1CCOCC1.I. The van der Waals surface area contributed by atoms with Gasteiger partial charge in [0.15, 0.2) is 5.96 Å². The molecule has 2 rings (SSSR count). The third kappa shape index (κ3) is 9.92. The fraction of sp³-hybridized carbons (Fsp3) is 0.579. The third-order valence-electron chi connectivity index (χ3n) is 4.24. The van der Waals surface area contributed by atoms with Crippen LogP contribution in [0.1, 0.15) is 5.56 Å². The molecule has 0 aromatic heterocycles. The summed E-state index contributed by atoms with van der Waals surface area (Å²) in [7, 11) is 3.48. The molecule has 7 nitrogen and oxygen atoms in total. The average molecular weight is 489 g/mol. The Hall–Kier alpha value is -1.39. The lowest BCUT2D eigenvalue weighted by Crippen LogP contribution is -2.45. The van der Waals surface area contributed by atoms with E-state index in [1.165, 1.54) is 5.56 Å². The number of rotatable bonds is 8. The summed E-state index contributed by atoms with van der Waals surface area (Å²) in [4.78, 5) is 20.1. The van der Waals surface area contributed by atoms with E-state index < -0.39 is 0 Å². The van der Waals surface area contributed by atoms with Gasteiger partial charge < -0.3 is 20.3 Å². The Morgan fingerprint density at radius 1 is 1.15 bits per heavy atom. The highest BCUT2D eigenvalue weighted by Crippen LogP contribution is 1.98. The van der Waals surface area contributed by atoms with E-state index >= 15 is 0 Å². The van der Waals surface area contributed by atoms with Crippen molar-refractivity contribution in [2.24, 2.45) is 4.99 Å². The Labute approximate surface area is 179 Å². The number of likely N-dealkylation sites (N-methyl/N-ethyl adjacent to an activating group) is 1. The van der Waals surface area contributed by atoms with Crippen LogP contribution < -0.4 is 10.6 Å². The van der Waals surface area contributed by atoms with Crippen LogP contribution in [0.4, 0.5) is 0 Å². The second-order valence-corrected chi connectivity index (χ2v) is 6.50. The zero-order chi connectivity index (χ0) is 18.6. The normalized spacial score (nSPS) is 15.0. The van der Waals surface area contributed by atoms with Gasteiger partial charge in [0.05, 0.1) is 13.2 Å². The minimum absolute atomic E-state index is 0. The fourth-order valence-corrected chi connectivity index (χ4v) is 2.59. The van der Waals surface area contributed by atoms with Gasteiger partial charge in [-0.25, -0.2) is 4.99 Å². The van der Waals surface area contributed by atoms with Crippen LogP contribution in [0.3, 0.4) is 0 Å². The Morgan fingerprint density at radius 2 is 1.81 bits per heavy atom. The lowest BCUT2D eigenvalue weighted by atomic mass is 10.1. The number of guanidine groups is 1. The first-order chi connectivity index (χ1) is 12.6. The Balaban J connectivity index is 0.00000364. The highest BCUT2D eigenvalue weighted by atomic mass is 127. The molecule has 1 amide bonds. The predicted molar refractivity (Wildman–Crippen MR) is 120 cm³/mol. The summed E-state index contributed by atoms with van der Waals surface area (Å²) in [5.41, 5.74) is 1.28. The first kappa shape index (κ1) is 23.6. The van der Waals surface area contributed by atoms with Gasteiger partial charge in [-0.2, -0.15) is 0 Å². The minimum atomic E-state index is -0.0117. The first-order valence-electron chi connectivity index (χ1n) is 9.21.